The molecule has 0 aliphatic heterocycles. The molecule has 0 N–H and O–H groups in total. The molecule has 0 unspecified atom stereocenters. The van der Waals surface area contributed by atoms with E-state index in [1.54, 1.807) is 12.1 Å². The van der Waals surface area contributed by atoms with E-state index < -0.39 is 5.82 Å². The van der Waals surface area contributed by atoms with Crippen molar-refractivity contribution < 1.29 is 9.18 Å². The van der Waals surface area contributed by atoms with Gasteiger partial charge in [-0.25, -0.2) is 4.39 Å². The van der Waals surface area contributed by atoms with Crippen LogP contribution in [0.3, 0.4) is 0 Å². The highest BCUT2D eigenvalue weighted by molar-refractivity contribution is 6.30. The molecule has 0 aliphatic rings. The average molecular weight is 277 g/mol. The van der Waals surface area contributed by atoms with Crippen LogP contribution in [0.5, 0.6) is 0 Å². The van der Waals surface area contributed by atoms with Crippen LogP contribution in [0.25, 0.3) is 0 Å². The van der Waals surface area contributed by atoms with E-state index in [1.165, 1.54) is 6.07 Å². The van der Waals surface area contributed by atoms with E-state index in [0.717, 1.165) is 11.1 Å². The quantitative estimate of drug-likeness (QED) is 0.753. The molecule has 98 valence electrons. The number of aryl methyl sites for hydroxylation is 2. The van der Waals surface area contributed by atoms with Crippen LogP contribution in [-0.2, 0) is 6.42 Å². The van der Waals surface area contributed by atoms with Crippen LogP contribution in [0.4, 0.5) is 4.39 Å². The molecule has 0 fully saturated rings. The van der Waals surface area contributed by atoms with Gasteiger partial charge in [0.25, 0.3) is 0 Å². The lowest BCUT2D eigenvalue weighted by atomic mass is 9.97. The number of carbonyl (C=O) groups is 1. The van der Waals surface area contributed by atoms with Crippen LogP contribution in [0.2, 0.25) is 5.02 Å². The zero-order valence-electron chi connectivity index (χ0n) is 10.8. The number of hydrogen-bond acceptors (Lipinski definition) is 1. The van der Waals surface area contributed by atoms with Gasteiger partial charge in [0, 0.05) is 17.0 Å². The van der Waals surface area contributed by atoms with Gasteiger partial charge in [-0.15, -0.1) is 0 Å². The highest BCUT2D eigenvalue weighted by atomic mass is 35.5. The Bertz CT molecular complexity index is 635. The fourth-order valence-electron chi connectivity index (χ4n) is 1.97. The molecule has 3 heteroatoms. The summed E-state index contributed by atoms with van der Waals surface area (Å²) in [5.41, 5.74) is 2.94. The number of carbonyl (C=O) groups excluding carboxylic acids is 1. The predicted octanol–water partition coefficient (Wildman–Crippen LogP) is 4.52. The Kier molecular flexibility index (Phi) is 4.01. The van der Waals surface area contributed by atoms with Gasteiger partial charge in [0.15, 0.2) is 5.78 Å². The summed E-state index contributed by atoms with van der Waals surface area (Å²) in [5.74, 6) is -0.520. The maximum absolute atomic E-state index is 13.7. The molecule has 1 nitrogen and oxygen atoms in total. The second kappa shape index (κ2) is 5.54. The van der Waals surface area contributed by atoms with Crippen LogP contribution in [-0.4, -0.2) is 5.78 Å². The van der Waals surface area contributed by atoms with Crippen molar-refractivity contribution in [1.29, 1.82) is 0 Å². The molecule has 0 radical (unpaired) electrons. The van der Waals surface area contributed by atoms with Crippen LogP contribution < -0.4 is 0 Å². The molecule has 0 saturated heterocycles. The van der Waals surface area contributed by atoms with E-state index in [9.17, 15) is 9.18 Å². The van der Waals surface area contributed by atoms with Crippen molar-refractivity contribution >= 4 is 17.4 Å². The minimum atomic E-state index is -0.439. The molecular weight excluding hydrogens is 263 g/mol. The molecule has 2 aromatic carbocycles. The van der Waals surface area contributed by atoms with Gasteiger partial charge >= 0.3 is 0 Å². The second-order valence-corrected chi connectivity index (χ2v) is 5.09. The number of Topliss-reactive ketones (excluding diaryl/α,β-unsaturated/α-hetero) is 1. The predicted molar refractivity (Wildman–Crippen MR) is 75.4 cm³/mol. The third-order valence-corrected chi connectivity index (χ3v) is 3.29. The van der Waals surface area contributed by atoms with Crippen molar-refractivity contribution in [2.24, 2.45) is 0 Å². The molecule has 0 bridgehead atoms. The summed E-state index contributed by atoms with van der Waals surface area (Å²) in [6.07, 6.45) is 0.0489. The zero-order chi connectivity index (χ0) is 14.0. The summed E-state index contributed by atoms with van der Waals surface area (Å²) in [6, 6.07) is 10.1. The van der Waals surface area contributed by atoms with Crippen molar-refractivity contribution in [3.8, 4) is 0 Å². The smallest absolute Gasteiger partial charge is 0.167 e. The Morgan fingerprint density at radius 3 is 2.58 bits per heavy atom. The standard InChI is InChI=1S/C16H14ClFO/c1-10-3-4-11(2)14(7-10)16(19)8-12-5-6-13(17)9-15(12)18/h3-7,9H,8H2,1-2H3. The first-order chi connectivity index (χ1) is 8.97. The van der Waals surface area contributed by atoms with Gasteiger partial charge in [-0.3, -0.25) is 4.79 Å². The average Bonchev–Trinajstić information content (AvgIpc) is 2.35. The van der Waals surface area contributed by atoms with Gasteiger partial charge < -0.3 is 0 Å². The van der Waals surface area contributed by atoms with Crippen molar-refractivity contribution in [3.05, 3.63) is 69.5 Å². The first-order valence-corrected chi connectivity index (χ1v) is 6.39. The molecule has 0 heterocycles. The zero-order valence-corrected chi connectivity index (χ0v) is 11.6. The Labute approximate surface area is 117 Å². The first kappa shape index (κ1) is 13.8. The fraction of sp³-hybridized carbons (Fsp3) is 0.188. The lowest BCUT2D eigenvalue weighted by Gasteiger charge is -2.07. The molecule has 0 saturated carbocycles. The van der Waals surface area contributed by atoms with Crippen LogP contribution >= 0.6 is 11.6 Å². The van der Waals surface area contributed by atoms with E-state index in [4.69, 9.17) is 11.6 Å². The summed E-state index contributed by atoms with van der Waals surface area (Å²) in [6.45, 7) is 3.81. The normalized spacial score (nSPS) is 10.5. The van der Waals surface area contributed by atoms with E-state index >= 15 is 0 Å². The van der Waals surface area contributed by atoms with Crippen LogP contribution in [0.1, 0.15) is 27.0 Å². The molecule has 0 spiro atoms. The largest absolute Gasteiger partial charge is 0.294 e. The van der Waals surface area contributed by atoms with Crippen molar-refractivity contribution in [3.63, 3.8) is 0 Å². The highest BCUT2D eigenvalue weighted by Crippen LogP contribution is 2.18. The number of hydrogen-bond donors (Lipinski definition) is 0. The van der Waals surface area contributed by atoms with Gasteiger partial charge in [0.1, 0.15) is 5.82 Å². The van der Waals surface area contributed by atoms with Gasteiger partial charge in [-0.2, -0.15) is 0 Å². The van der Waals surface area contributed by atoms with E-state index in [0.29, 0.717) is 16.1 Å². The van der Waals surface area contributed by atoms with Gasteiger partial charge in [-0.1, -0.05) is 35.4 Å². The maximum atomic E-state index is 13.7. The molecule has 0 amide bonds. The molecule has 2 rings (SSSR count). The van der Waals surface area contributed by atoms with E-state index in [-0.39, 0.29) is 12.2 Å². The minimum absolute atomic E-state index is 0.0489. The second-order valence-electron chi connectivity index (χ2n) is 4.65. The number of ketones is 1. The third kappa shape index (κ3) is 3.21. The molecule has 2 aromatic rings. The summed E-state index contributed by atoms with van der Waals surface area (Å²) in [5, 5.41) is 0.334. The van der Waals surface area contributed by atoms with Gasteiger partial charge in [0.05, 0.1) is 0 Å². The monoisotopic (exact) mass is 276 g/mol. The third-order valence-electron chi connectivity index (χ3n) is 3.06. The van der Waals surface area contributed by atoms with E-state index in [1.807, 2.05) is 32.0 Å². The Morgan fingerprint density at radius 2 is 1.89 bits per heavy atom. The van der Waals surface area contributed by atoms with Gasteiger partial charge in [-0.05, 0) is 43.2 Å². The minimum Gasteiger partial charge on any atom is -0.294 e. The highest BCUT2D eigenvalue weighted by Gasteiger charge is 2.13. The van der Waals surface area contributed by atoms with Crippen molar-refractivity contribution in [2.75, 3.05) is 0 Å². The molecule has 0 aliphatic carbocycles. The van der Waals surface area contributed by atoms with Crippen molar-refractivity contribution in [2.45, 2.75) is 20.3 Å². The summed E-state index contributed by atoms with van der Waals surface area (Å²) in [7, 11) is 0. The van der Waals surface area contributed by atoms with Crippen LogP contribution in [0.15, 0.2) is 36.4 Å². The Balaban J connectivity index is 2.28. The lowest BCUT2D eigenvalue weighted by molar-refractivity contribution is 0.0991. The van der Waals surface area contributed by atoms with E-state index in [2.05, 4.69) is 0 Å². The number of rotatable bonds is 3. The number of halogens is 2. The van der Waals surface area contributed by atoms with Gasteiger partial charge in [0.2, 0.25) is 0 Å². The topological polar surface area (TPSA) is 17.1 Å². The molecule has 0 aromatic heterocycles. The van der Waals surface area contributed by atoms with Crippen molar-refractivity contribution in [1.82, 2.24) is 0 Å². The summed E-state index contributed by atoms with van der Waals surface area (Å²) in [4.78, 5) is 12.2. The first-order valence-electron chi connectivity index (χ1n) is 6.02. The fourth-order valence-corrected chi connectivity index (χ4v) is 2.13. The Morgan fingerprint density at radius 1 is 1.16 bits per heavy atom. The molecule has 19 heavy (non-hydrogen) atoms. The summed E-state index contributed by atoms with van der Waals surface area (Å²) < 4.78 is 13.7. The van der Waals surface area contributed by atoms with Crippen LogP contribution in [0, 0.1) is 19.7 Å². The number of benzene rings is 2. The Hall–Kier alpha value is -1.67. The SMILES string of the molecule is Cc1ccc(C)c(C(=O)Cc2ccc(Cl)cc2F)c1. The lowest BCUT2D eigenvalue weighted by Crippen LogP contribution is -2.07. The summed E-state index contributed by atoms with van der Waals surface area (Å²) >= 11 is 5.69. The molecule has 0 atom stereocenters. The molecular formula is C16H14ClFO. The maximum Gasteiger partial charge on any atom is 0.167 e.